The van der Waals surface area contributed by atoms with Gasteiger partial charge in [0, 0.05) is 22.5 Å². The van der Waals surface area contributed by atoms with Gasteiger partial charge in [0.1, 0.15) is 7.05 Å². The molecular formula is C24H19IN2S. The van der Waals surface area contributed by atoms with Crippen LogP contribution in [0.2, 0.25) is 0 Å². The van der Waals surface area contributed by atoms with Gasteiger partial charge in [-0.05, 0) is 42.0 Å². The summed E-state index contributed by atoms with van der Waals surface area (Å²) in [6, 6.07) is 25.9. The number of fused-ring (bicyclic) bond motifs is 3. The van der Waals surface area contributed by atoms with Gasteiger partial charge in [0.2, 0.25) is 0 Å². The number of nitrogens with zero attached hydrogens (tertiary/aromatic N) is 2. The number of rotatable bonds is 3. The zero-order chi connectivity index (χ0) is 18.2. The molecule has 5 aromatic rings. The number of hydrogen-bond donors (Lipinski definition) is 0. The van der Waals surface area contributed by atoms with Gasteiger partial charge in [0.15, 0.2) is 6.20 Å². The fraction of sp³-hybridized carbons (Fsp3) is 0.0417. The summed E-state index contributed by atoms with van der Waals surface area (Å²) in [4.78, 5) is 0. The quantitative estimate of drug-likeness (QED) is 0.270. The lowest BCUT2D eigenvalue weighted by molar-refractivity contribution is -0.668. The third kappa shape index (κ3) is 3.27. The summed E-state index contributed by atoms with van der Waals surface area (Å²) in [5, 5.41) is 5.92. The van der Waals surface area contributed by atoms with Crippen LogP contribution in [-0.2, 0) is 7.05 Å². The van der Waals surface area contributed by atoms with Gasteiger partial charge in [0.05, 0.1) is 16.4 Å². The molecule has 138 valence electrons. The summed E-state index contributed by atoms with van der Waals surface area (Å²) in [5.74, 6) is 0. The molecule has 0 N–H and O–H groups in total. The standard InChI is InChI=1S/C24H19N2S.HI/c1-25-15-16-27-24(25)14-12-18-11-13-23-21(17-18)20-9-5-6-10-22(20)26(23)19-7-3-2-4-8-19;/h2-17H,1H3;1H/q+1;/p-1. The van der Waals surface area contributed by atoms with Crippen molar-refractivity contribution in [2.24, 2.45) is 7.05 Å². The van der Waals surface area contributed by atoms with Crippen LogP contribution in [0, 0.1) is 0 Å². The van der Waals surface area contributed by atoms with Gasteiger partial charge in [-0.25, -0.2) is 0 Å². The second-order valence-corrected chi connectivity index (χ2v) is 7.58. The van der Waals surface area contributed by atoms with Crippen molar-refractivity contribution in [3.05, 3.63) is 94.9 Å². The minimum atomic E-state index is 0. The second kappa shape index (κ2) is 7.89. The van der Waals surface area contributed by atoms with E-state index in [1.165, 1.54) is 38.1 Å². The molecule has 0 atom stereocenters. The lowest BCUT2D eigenvalue weighted by Gasteiger charge is -2.07. The van der Waals surface area contributed by atoms with Crippen molar-refractivity contribution in [3.8, 4) is 5.69 Å². The molecule has 2 heterocycles. The van der Waals surface area contributed by atoms with E-state index in [0.717, 1.165) is 0 Å². The highest BCUT2D eigenvalue weighted by atomic mass is 127. The molecule has 0 amide bonds. The lowest BCUT2D eigenvalue weighted by atomic mass is 10.1. The van der Waals surface area contributed by atoms with Gasteiger partial charge in [-0.1, -0.05) is 53.8 Å². The second-order valence-electron chi connectivity index (χ2n) is 6.65. The molecule has 0 aliphatic carbocycles. The van der Waals surface area contributed by atoms with Crippen LogP contribution < -0.4 is 28.5 Å². The fourth-order valence-corrected chi connectivity index (χ4v) is 4.38. The maximum absolute atomic E-state index is 2.34. The molecule has 0 spiro atoms. The first-order valence-corrected chi connectivity index (χ1v) is 9.89. The Hall–Kier alpha value is -2.44. The molecule has 2 nitrogen and oxygen atoms in total. The maximum atomic E-state index is 2.34. The van der Waals surface area contributed by atoms with Gasteiger partial charge in [-0.15, -0.1) is 0 Å². The fourth-order valence-electron chi connectivity index (χ4n) is 3.62. The summed E-state index contributed by atoms with van der Waals surface area (Å²) in [6.07, 6.45) is 6.46. The summed E-state index contributed by atoms with van der Waals surface area (Å²) >= 11 is 1.75. The van der Waals surface area contributed by atoms with E-state index in [-0.39, 0.29) is 24.0 Å². The number of thiazole rings is 1. The molecule has 0 unspecified atom stereocenters. The number of halogens is 1. The first kappa shape index (κ1) is 18.9. The van der Waals surface area contributed by atoms with Crippen LogP contribution in [0.4, 0.5) is 0 Å². The Kier molecular flexibility index (Phi) is 5.33. The van der Waals surface area contributed by atoms with Gasteiger partial charge in [0.25, 0.3) is 5.01 Å². The van der Waals surface area contributed by atoms with E-state index < -0.39 is 0 Å². The monoisotopic (exact) mass is 494 g/mol. The van der Waals surface area contributed by atoms with E-state index in [2.05, 4.69) is 113 Å². The summed E-state index contributed by atoms with van der Waals surface area (Å²) in [5.41, 5.74) is 4.88. The molecule has 0 fully saturated rings. The number of aryl methyl sites for hydroxylation is 1. The highest BCUT2D eigenvalue weighted by Crippen LogP contribution is 2.32. The minimum absolute atomic E-state index is 0. The van der Waals surface area contributed by atoms with Crippen molar-refractivity contribution in [3.63, 3.8) is 0 Å². The molecule has 0 bridgehead atoms. The van der Waals surface area contributed by atoms with Crippen molar-refractivity contribution in [2.45, 2.75) is 0 Å². The average molecular weight is 494 g/mol. The van der Waals surface area contributed by atoms with Crippen LogP contribution in [0.1, 0.15) is 10.6 Å². The Morgan fingerprint density at radius 3 is 2.36 bits per heavy atom. The average Bonchev–Trinajstić information content (AvgIpc) is 3.27. The Bertz CT molecular complexity index is 1280. The van der Waals surface area contributed by atoms with Crippen molar-refractivity contribution in [2.75, 3.05) is 0 Å². The molecule has 0 aliphatic rings. The molecule has 4 heteroatoms. The van der Waals surface area contributed by atoms with Crippen LogP contribution in [0.3, 0.4) is 0 Å². The molecule has 5 rings (SSSR count). The van der Waals surface area contributed by atoms with Gasteiger partial charge in [-0.3, -0.25) is 0 Å². The van der Waals surface area contributed by atoms with E-state index in [9.17, 15) is 0 Å². The number of benzene rings is 3. The zero-order valence-electron chi connectivity index (χ0n) is 15.4. The highest BCUT2D eigenvalue weighted by molar-refractivity contribution is 7.10. The lowest BCUT2D eigenvalue weighted by Crippen LogP contribution is -3.00. The van der Waals surface area contributed by atoms with Crippen LogP contribution in [0.15, 0.2) is 84.4 Å². The van der Waals surface area contributed by atoms with E-state index >= 15 is 0 Å². The minimum Gasteiger partial charge on any atom is -1.00 e. The number of hydrogen-bond acceptors (Lipinski definition) is 1. The molecular weight excluding hydrogens is 475 g/mol. The predicted molar refractivity (Wildman–Crippen MR) is 115 cm³/mol. The van der Waals surface area contributed by atoms with Crippen molar-refractivity contribution in [1.82, 2.24) is 4.57 Å². The largest absolute Gasteiger partial charge is 1.00 e. The molecule has 0 radical (unpaired) electrons. The summed E-state index contributed by atoms with van der Waals surface area (Å²) in [7, 11) is 2.08. The third-order valence-corrected chi connectivity index (χ3v) is 5.87. The molecule has 3 aromatic carbocycles. The van der Waals surface area contributed by atoms with Gasteiger partial charge >= 0.3 is 0 Å². The maximum Gasteiger partial charge on any atom is 0.261 e. The third-order valence-electron chi connectivity index (χ3n) is 4.95. The van der Waals surface area contributed by atoms with E-state index in [4.69, 9.17) is 0 Å². The van der Waals surface area contributed by atoms with E-state index in [1.807, 2.05) is 0 Å². The van der Waals surface area contributed by atoms with Crippen LogP contribution in [0.5, 0.6) is 0 Å². The molecule has 0 saturated carbocycles. The Balaban J connectivity index is 0.00000192. The normalized spacial score (nSPS) is 11.3. The summed E-state index contributed by atoms with van der Waals surface area (Å²) < 4.78 is 4.48. The van der Waals surface area contributed by atoms with Gasteiger partial charge in [-0.2, -0.15) is 4.57 Å². The van der Waals surface area contributed by atoms with Crippen LogP contribution in [-0.4, -0.2) is 4.57 Å². The SMILES string of the molecule is C[n+]1ccsc1/C=C/c1ccc2c(c1)c1ccccc1n2-c1ccccc1.[I-]. The molecule has 28 heavy (non-hydrogen) atoms. The first-order chi connectivity index (χ1) is 13.3. The van der Waals surface area contributed by atoms with Gasteiger partial charge < -0.3 is 28.5 Å². The zero-order valence-corrected chi connectivity index (χ0v) is 18.4. The van der Waals surface area contributed by atoms with E-state index in [1.54, 1.807) is 11.3 Å². The van der Waals surface area contributed by atoms with Crippen LogP contribution >= 0.6 is 11.3 Å². The van der Waals surface area contributed by atoms with E-state index in [0.29, 0.717) is 0 Å². The van der Waals surface area contributed by atoms with Crippen molar-refractivity contribution in [1.29, 1.82) is 0 Å². The number of para-hydroxylation sites is 2. The first-order valence-electron chi connectivity index (χ1n) is 9.01. The van der Waals surface area contributed by atoms with Crippen LogP contribution in [0.25, 0.3) is 39.6 Å². The molecule has 0 aliphatic heterocycles. The Morgan fingerprint density at radius 1 is 0.821 bits per heavy atom. The Labute approximate surface area is 185 Å². The predicted octanol–water partition coefficient (Wildman–Crippen LogP) is 2.84. The number of aromatic nitrogens is 2. The van der Waals surface area contributed by atoms with Crippen molar-refractivity contribution < 1.29 is 28.5 Å². The van der Waals surface area contributed by atoms with Crippen molar-refractivity contribution >= 4 is 45.3 Å². The summed E-state index contributed by atoms with van der Waals surface area (Å²) in [6.45, 7) is 0. The smallest absolute Gasteiger partial charge is 0.261 e. The topological polar surface area (TPSA) is 8.81 Å². The Morgan fingerprint density at radius 2 is 1.57 bits per heavy atom. The molecule has 2 aromatic heterocycles. The highest BCUT2D eigenvalue weighted by Gasteiger charge is 2.12. The molecule has 0 saturated heterocycles.